The van der Waals surface area contributed by atoms with E-state index in [9.17, 15) is 22.4 Å². The number of pyridine rings is 1. The quantitative estimate of drug-likeness (QED) is 0.434. The van der Waals surface area contributed by atoms with Crippen LogP contribution in [0.3, 0.4) is 0 Å². The van der Waals surface area contributed by atoms with E-state index in [1.54, 1.807) is 12.1 Å². The van der Waals surface area contributed by atoms with Crippen molar-refractivity contribution in [3.63, 3.8) is 0 Å². The minimum atomic E-state index is -1.67. The van der Waals surface area contributed by atoms with Crippen molar-refractivity contribution in [3.05, 3.63) is 52.7 Å². The number of carbonyl (C=O) groups is 1. The molecular formula is C18H15F4N3OS. The highest BCUT2D eigenvalue weighted by Crippen LogP contribution is 2.26. The minimum absolute atomic E-state index is 0.0625. The molecule has 27 heavy (non-hydrogen) atoms. The SMILES string of the molecule is CC(C)c1ccc(C#N)c(SCCC(=O)Nc2c(F)c(F)cc(F)c2F)n1. The van der Waals surface area contributed by atoms with E-state index in [1.165, 1.54) is 0 Å². The van der Waals surface area contributed by atoms with Crippen molar-refractivity contribution in [2.75, 3.05) is 11.1 Å². The second-order valence-electron chi connectivity index (χ2n) is 5.85. The lowest BCUT2D eigenvalue weighted by molar-refractivity contribution is -0.115. The predicted molar refractivity (Wildman–Crippen MR) is 93.3 cm³/mol. The first-order valence-corrected chi connectivity index (χ1v) is 8.89. The third-order valence-corrected chi connectivity index (χ3v) is 4.53. The van der Waals surface area contributed by atoms with Gasteiger partial charge in [-0.15, -0.1) is 11.8 Å². The molecule has 2 aromatic rings. The molecule has 1 N–H and O–H groups in total. The van der Waals surface area contributed by atoms with Crippen LogP contribution in [0.15, 0.2) is 23.2 Å². The van der Waals surface area contributed by atoms with E-state index in [4.69, 9.17) is 5.26 Å². The van der Waals surface area contributed by atoms with Crippen LogP contribution in [0.25, 0.3) is 0 Å². The molecule has 0 aliphatic rings. The third kappa shape index (κ3) is 4.98. The number of amides is 1. The Morgan fingerprint density at radius 1 is 1.22 bits per heavy atom. The number of anilines is 1. The average molecular weight is 397 g/mol. The first kappa shape index (κ1) is 20.7. The highest BCUT2D eigenvalue weighted by molar-refractivity contribution is 7.99. The van der Waals surface area contributed by atoms with Crippen LogP contribution in [-0.2, 0) is 4.79 Å². The molecule has 0 unspecified atom stereocenters. The number of benzene rings is 1. The topological polar surface area (TPSA) is 65.8 Å². The molecule has 0 saturated carbocycles. The van der Waals surface area contributed by atoms with Crippen molar-refractivity contribution in [1.82, 2.24) is 4.98 Å². The summed E-state index contributed by atoms with van der Waals surface area (Å²) in [6.07, 6.45) is -0.208. The van der Waals surface area contributed by atoms with Crippen LogP contribution in [0.2, 0.25) is 0 Å². The number of nitriles is 1. The number of halogens is 4. The lowest BCUT2D eigenvalue weighted by Gasteiger charge is -2.10. The van der Waals surface area contributed by atoms with E-state index >= 15 is 0 Å². The van der Waals surface area contributed by atoms with E-state index in [0.717, 1.165) is 17.5 Å². The average Bonchev–Trinajstić information content (AvgIpc) is 2.63. The molecule has 4 nitrogen and oxygen atoms in total. The predicted octanol–water partition coefficient (Wildman–Crippen LogP) is 4.75. The standard InChI is InChI=1S/C18H15F4N3OS/c1-9(2)13-4-3-10(8-23)18(24-13)27-6-5-14(26)25-17-15(21)11(19)7-12(20)16(17)22/h3-4,7,9H,5-6H2,1-2H3,(H,25,26). The van der Waals surface area contributed by atoms with Crippen LogP contribution in [0.5, 0.6) is 0 Å². The largest absolute Gasteiger partial charge is 0.321 e. The van der Waals surface area contributed by atoms with Crippen molar-refractivity contribution >= 4 is 23.4 Å². The second-order valence-corrected chi connectivity index (χ2v) is 6.93. The number of thioether (sulfide) groups is 1. The van der Waals surface area contributed by atoms with Gasteiger partial charge in [0.25, 0.3) is 0 Å². The van der Waals surface area contributed by atoms with Gasteiger partial charge in [0, 0.05) is 23.9 Å². The number of carbonyl (C=O) groups excluding carboxylic acids is 1. The van der Waals surface area contributed by atoms with Gasteiger partial charge >= 0.3 is 0 Å². The Morgan fingerprint density at radius 2 is 1.85 bits per heavy atom. The molecule has 0 aliphatic carbocycles. The zero-order valence-corrected chi connectivity index (χ0v) is 15.3. The summed E-state index contributed by atoms with van der Waals surface area (Å²) in [7, 11) is 0. The summed E-state index contributed by atoms with van der Waals surface area (Å²) in [6.45, 7) is 3.88. The summed E-state index contributed by atoms with van der Waals surface area (Å²) in [5, 5.41) is 11.4. The lowest BCUT2D eigenvalue weighted by atomic mass is 10.1. The molecule has 1 aromatic carbocycles. The van der Waals surface area contributed by atoms with Crippen molar-refractivity contribution in [2.24, 2.45) is 0 Å². The van der Waals surface area contributed by atoms with Gasteiger partial charge in [-0.25, -0.2) is 22.5 Å². The number of nitrogens with zero attached hydrogens (tertiary/aromatic N) is 2. The fourth-order valence-corrected chi connectivity index (χ4v) is 3.02. The molecule has 0 bridgehead atoms. The van der Waals surface area contributed by atoms with E-state index in [-0.39, 0.29) is 24.2 Å². The molecule has 0 saturated heterocycles. The van der Waals surface area contributed by atoms with Crippen LogP contribution in [-0.4, -0.2) is 16.6 Å². The maximum Gasteiger partial charge on any atom is 0.225 e. The van der Waals surface area contributed by atoms with Gasteiger partial charge in [-0.2, -0.15) is 5.26 Å². The van der Waals surface area contributed by atoms with Gasteiger partial charge in [0.15, 0.2) is 23.3 Å². The molecule has 1 heterocycles. The normalized spacial score (nSPS) is 10.7. The van der Waals surface area contributed by atoms with E-state index in [2.05, 4.69) is 4.98 Å². The Kier molecular flexibility index (Phi) is 6.80. The van der Waals surface area contributed by atoms with Crippen LogP contribution in [0.1, 0.15) is 37.4 Å². The molecule has 1 aromatic heterocycles. The summed E-state index contributed by atoms with van der Waals surface area (Å²) < 4.78 is 53.4. The van der Waals surface area contributed by atoms with Crippen LogP contribution in [0, 0.1) is 34.6 Å². The monoisotopic (exact) mass is 397 g/mol. The number of rotatable bonds is 6. The molecule has 0 aliphatic heterocycles. The molecule has 2 rings (SSSR count). The Bertz CT molecular complexity index is 886. The number of hydrogen-bond donors (Lipinski definition) is 1. The second kappa shape index (κ2) is 8.86. The van der Waals surface area contributed by atoms with Crippen molar-refractivity contribution in [3.8, 4) is 6.07 Å². The fraction of sp³-hybridized carbons (Fsp3) is 0.278. The highest BCUT2D eigenvalue weighted by Gasteiger charge is 2.21. The van der Waals surface area contributed by atoms with Gasteiger partial charge < -0.3 is 5.32 Å². The molecule has 142 valence electrons. The van der Waals surface area contributed by atoms with Crippen LogP contribution >= 0.6 is 11.8 Å². The summed E-state index contributed by atoms with van der Waals surface area (Å²) in [5.74, 6) is -7.09. The Morgan fingerprint density at radius 3 is 2.41 bits per heavy atom. The molecule has 0 atom stereocenters. The summed E-state index contributed by atoms with van der Waals surface area (Å²) in [5.41, 5.74) is -0.0467. The molecule has 1 amide bonds. The fourth-order valence-electron chi connectivity index (χ4n) is 2.10. The molecule has 0 fully saturated rings. The van der Waals surface area contributed by atoms with Gasteiger partial charge in [0.1, 0.15) is 16.8 Å². The van der Waals surface area contributed by atoms with Gasteiger partial charge in [-0.1, -0.05) is 13.8 Å². The zero-order valence-electron chi connectivity index (χ0n) is 14.4. The number of hydrogen-bond acceptors (Lipinski definition) is 4. The van der Waals surface area contributed by atoms with E-state index < -0.39 is 34.9 Å². The van der Waals surface area contributed by atoms with Gasteiger partial charge in [-0.3, -0.25) is 4.79 Å². The lowest BCUT2D eigenvalue weighted by Crippen LogP contribution is -2.16. The first-order valence-electron chi connectivity index (χ1n) is 7.91. The highest BCUT2D eigenvalue weighted by atomic mass is 32.2. The van der Waals surface area contributed by atoms with Crippen LogP contribution < -0.4 is 5.32 Å². The number of nitrogens with one attached hydrogen (secondary N) is 1. The van der Waals surface area contributed by atoms with Crippen molar-refractivity contribution in [2.45, 2.75) is 31.2 Å². The zero-order chi connectivity index (χ0) is 20.1. The Balaban J connectivity index is 2.04. The molecular weight excluding hydrogens is 382 g/mol. The Labute approximate surface area is 157 Å². The van der Waals surface area contributed by atoms with Gasteiger partial charge in [0.05, 0.1) is 5.56 Å². The number of aromatic nitrogens is 1. The summed E-state index contributed by atoms with van der Waals surface area (Å²) >= 11 is 1.13. The van der Waals surface area contributed by atoms with E-state index in [1.807, 2.05) is 25.2 Å². The third-order valence-electron chi connectivity index (χ3n) is 3.54. The molecule has 0 radical (unpaired) electrons. The Hall–Kier alpha value is -2.60. The maximum atomic E-state index is 13.6. The molecule has 0 spiro atoms. The van der Waals surface area contributed by atoms with Crippen molar-refractivity contribution < 1.29 is 22.4 Å². The minimum Gasteiger partial charge on any atom is -0.321 e. The molecule has 9 heteroatoms. The maximum absolute atomic E-state index is 13.6. The first-order chi connectivity index (χ1) is 12.7. The van der Waals surface area contributed by atoms with Crippen molar-refractivity contribution in [1.29, 1.82) is 5.26 Å². The smallest absolute Gasteiger partial charge is 0.225 e. The van der Waals surface area contributed by atoms with Gasteiger partial charge in [-0.05, 0) is 18.1 Å². The van der Waals surface area contributed by atoms with E-state index in [0.29, 0.717) is 10.6 Å². The summed E-state index contributed by atoms with van der Waals surface area (Å²) in [4.78, 5) is 16.2. The van der Waals surface area contributed by atoms with Crippen LogP contribution in [0.4, 0.5) is 23.2 Å². The summed E-state index contributed by atoms with van der Waals surface area (Å²) in [6, 6.07) is 5.43. The van der Waals surface area contributed by atoms with Gasteiger partial charge in [0.2, 0.25) is 5.91 Å².